The third-order valence-electron chi connectivity index (χ3n) is 17.1. The lowest BCUT2D eigenvalue weighted by Gasteiger charge is -2.52. The maximum Gasteiger partial charge on any atom is 0.303 e. The SMILES string of the molecule is COC[C@@H](CC1O[C@@](O)([C@H](O)C2CC(=O)/C(C)=C/C(C)=C/C(C)=C/[C@@H](C)[C@H](O[C@@H]3O[C@@H](C)[C@H](OC)[C@@H](O)[C@@H]3O)/C=C/C(C)=C/CC[C@H](O)[C@@H](OC)C2)[C@H](C)[C@@H](O)[C@H]1C)O[C@H]1C[C@](C)(O)[C@@H](O[C@H]2C[C@@H](OC)[C@H](OC(C)=O)[C@@H](C)O2)[C@H](C)O1. The van der Waals surface area contributed by atoms with Crippen LogP contribution < -0.4 is 0 Å². The molecule has 0 aromatic rings. The van der Waals surface area contributed by atoms with Crippen LogP contribution in [-0.2, 0) is 66.4 Å². The van der Waals surface area contributed by atoms with Crippen molar-refractivity contribution in [3.05, 3.63) is 58.7 Å². The zero-order chi connectivity index (χ0) is 61.1. The van der Waals surface area contributed by atoms with E-state index in [1.165, 1.54) is 35.4 Å². The summed E-state index contributed by atoms with van der Waals surface area (Å²) in [6, 6.07) is 0. The molecule has 4 heterocycles. The standard InChI is InChI=1S/C61H100O21/c1-31-18-17-19-44(63)48(72-14)26-42(25-45(64)34(4)23-32(2)22-33(3)24-35(5)46(21-20-31)80-59-54(67)53(66)56(74-16)39(9)77-59)57(68)61(70)37(7)52(65)36(6)47(82-61)27-43(30-71-13)79-51-29-60(12,69)58(40(10)76-51)81-50-28-49(73-15)55(38(8)75-50)78-41(11)62/h18,20-24,35-40,42-44,46-59,63,65-70H,17,19,25-30H2,1-16H3/b21-20+,31-18+,32-22+,33-24+,34-23+/t35-,36+,37-,38-,39+,40+,42?,43-,44+,46-,47?,48+,49-,50+,51+,52+,53+,54+,55-,56+,57-,58+,59+,60+,61-/m1/s1. The van der Waals surface area contributed by atoms with Crippen molar-refractivity contribution in [2.45, 2.75) is 256 Å². The zero-order valence-electron chi connectivity index (χ0n) is 51.2. The van der Waals surface area contributed by atoms with E-state index < -0.39 is 152 Å². The minimum absolute atomic E-state index is 0.0194. The number of aliphatic hydroxyl groups excluding tert-OH is 5. The summed E-state index contributed by atoms with van der Waals surface area (Å²) in [5.41, 5.74) is 1.31. The topological polar surface area (TPSA) is 287 Å². The molecule has 21 heteroatoms. The fourth-order valence-corrected chi connectivity index (χ4v) is 12.4. The number of Topliss-reactive ketones (excluding diaryl/α,β-unsaturated/α-hetero) is 1. The molecule has 82 heavy (non-hydrogen) atoms. The van der Waals surface area contributed by atoms with Crippen molar-refractivity contribution in [2.75, 3.05) is 35.0 Å². The number of allylic oxidation sites excluding steroid dienone is 8. The Morgan fingerprint density at radius 2 is 1.44 bits per heavy atom. The predicted octanol–water partition coefficient (Wildman–Crippen LogP) is 4.82. The summed E-state index contributed by atoms with van der Waals surface area (Å²) in [6.07, 6.45) is -5.71. The van der Waals surface area contributed by atoms with Crippen LogP contribution in [-0.4, -0.2) is 210 Å². The lowest BCUT2D eigenvalue weighted by Crippen LogP contribution is -2.64. The molecule has 5 aliphatic rings. The second kappa shape index (κ2) is 31.2. The van der Waals surface area contributed by atoms with Crippen molar-refractivity contribution in [2.24, 2.45) is 23.7 Å². The number of carbonyl (C=O) groups is 2. The fourth-order valence-electron chi connectivity index (χ4n) is 12.4. The lowest BCUT2D eigenvalue weighted by atomic mass is 9.73. The lowest BCUT2D eigenvalue weighted by molar-refractivity contribution is -0.363. The fraction of sp³-hybridized carbons (Fsp3) is 0.803. The van der Waals surface area contributed by atoms with Crippen LogP contribution in [0.1, 0.15) is 128 Å². The van der Waals surface area contributed by atoms with Crippen molar-refractivity contribution in [3.8, 4) is 0 Å². The summed E-state index contributed by atoms with van der Waals surface area (Å²) in [5, 5.41) is 82.7. The van der Waals surface area contributed by atoms with Crippen LogP contribution in [0.15, 0.2) is 58.7 Å². The van der Waals surface area contributed by atoms with Crippen LogP contribution in [0.3, 0.4) is 0 Å². The largest absolute Gasteiger partial charge is 0.457 e. The van der Waals surface area contributed by atoms with Gasteiger partial charge in [-0.1, -0.05) is 73.9 Å². The first-order chi connectivity index (χ1) is 38.5. The number of carbonyl (C=O) groups excluding carboxylic acids is 2. The number of rotatable bonds is 16. The van der Waals surface area contributed by atoms with E-state index in [0.29, 0.717) is 12.0 Å². The number of methoxy groups -OCH3 is 4. The molecule has 4 saturated heterocycles. The van der Waals surface area contributed by atoms with E-state index in [1.807, 2.05) is 58.1 Å². The molecule has 470 valence electrons. The van der Waals surface area contributed by atoms with Crippen LogP contribution in [0.4, 0.5) is 0 Å². The minimum atomic E-state index is -2.43. The molecule has 0 radical (unpaired) electrons. The molecule has 21 nitrogen and oxygen atoms in total. The molecule has 5 rings (SSSR count). The Labute approximate surface area is 485 Å². The summed E-state index contributed by atoms with van der Waals surface area (Å²) in [7, 11) is 5.88. The maximum atomic E-state index is 14.4. The molecule has 4 aliphatic heterocycles. The van der Waals surface area contributed by atoms with E-state index in [4.69, 9.17) is 56.8 Å². The first kappa shape index (κ1) is 69.9. The first-order valence-electron chi connectivity index (χ1n) is 29.1. The first-order valence-corrected chi connectivity index (χ1v) is 29.1. The van der Waals surface area contributed by atoms with E-state index in [2.05, 4.69) is 0 Å². The van der Waals surface area contributed by atoms with Crippen LogP contribution in [0.2, 0.25) is 0 Å². The molecule has 0 aromatic heterocycles. The summed E-state index contributed by atoms with van der Waals surface area (Å²) >= 11 is 0. The number of hydrogen-bond donors (Lipinski definition) is 7. The predicted molar refractivity (Wildman–Crippen MR) is 300 cm³/mol. The van der Waals surface area contributed by atoms with Gasteiger partial charge in [0.15, 0.2) is 36.5 Å². The van der Waals surface area contributed by atoms with E-state index in [0.717, 1.165) is 16.7 Å². The molecule has 0 saturated carbocycles. The normalized spacial score (nSPS) is 45.4. The molecule has 0 bridgehead atoms. The van der Waals surface area contributed by atoms with Gasteiger partial charge in [-0.2, -0.15) is 0 Å². The monoisotopic (exact) mass is 1170 g/mol. The van der Waals surface area contributed by atoms with Crippen LogP contribution in [0.5, 0.6) is 0 Å². The van der Waals surface area contributed by atoms with Crippen LogP contribution in [0.25, 0.3) is 0 Å². The highest BCUT2D eigenvalue weighted by Crippen LogP contribution is 2.44. The van der Waals surface area contributed by atoms with Gasteiger partial charge in [-0.05, 0) is 86.1 Å². The van der Waals surface area contributed by atoms with Gasteiger partial charge in [-0.25, -0.2) is 0 Å². The second-order valence-corrected chi connectivity index (χ2v) is 24.0. The second-order valence-electron chi connectivity index (χ2n) is 24.0. The number of ether oxygens (including phenoxy) is 12. The Kier molecular flexibility index (Phi) is 26.6. The average molecular weight is 1170 g/mol. The molecule has 1 aliphatic carbocycles. The van der Waals surface area contributed by atoms with Gasteiger partial charge in [0.05, 0.1) is 67.1 Å². The highest BCUT2D eigenvalue weighted by atomic mass is 16.7. The average Bonchev–Trinajstić information content (AvgIpc) is 3.58. The van der Waals surface area contributed by atoms with Gasteiger partial charge < -0.3 is 92.6 Å². The van der Waals surface area contributed by atoms with Crippen molar-refractivity contribution in [1.82, 2.24) is 0 Å². The number of esters is 1. The molecule has 2 unspecified atom stereocenters. The van der Waals surface area contributed by atoms with Gasteiger partial charge in [0.2, 0.25) is 0 Å². The smallest absolute Gasteiger partial charge is 0.303 e. The molecule has 0 spiro atoms. The zero-order valence-corrected chi connectivity index (χ0v) is 51.2. The third-order valence-corrected chi connectivity index (χ3v) is 17.1. The molecule has 25 atom stereocenters. The van der Waals surface area contributed by atoms with Crippen molar-refractivity contribution in [1.29, 1.82) is 0 Å². The molecule has 0 amide bonds. The molecule has 7 N–H and O–H groups in total. The van der Waals surface area contributed by atoms with E-state index in [-0.39, 0.29) is 56.8 Å². The number of aliphatic hydroxyl groups is 7. The van der Waals surface area contributed by atoms with Gasteiger partial charge in [0.25, 0.3) is 0 Å². The quantitative estimate of drug-likeness (QED) is 0.102. The number of hydrogen-bond acceptors (Lipinski definition) is 21. The Bertz CT molecular complexity index is 2200. The summed E-state index contributed by atoms with van der Waals surface area (Å²) in [4.78, 5) is 26.2. The summed E-state index contributed by atoms with van der Waals surface area (Å²) < 4.78 is 72.2. The van der Waals surface area contributed by atoms with E-state index >= 15 is 0 Å². The van der Waals surface area contributed by atoms with Gasteiger partial charge in [-0.15, -0.1) is 0 Å². The summed E-state index contributed by atoms with van der Waals surface area (Å²) in [5.74, 6) is -6.25. The Morgan fingerprint density at radius 1 is 0.780 bits per heavy atom. The van der Waals surface area contributed by atoms with Crippen LogP contribution in [0, 0.1) is 23.7 Å². The molecule has 0 aromatic carbocycles. The number of ketones is 1. The highest BCUT2D eigenvalue weighted by molar-refractivity contribution is 5.95. The minimum Gasteiger partial charge on any atom is -0.457 e. The van der Waals surface area contributed by atoms with Crippen molar-refractivity contribution in [3.63, 3.8) is 0 Å². The van der Waals surface area contributed by atoms with E-state index in [1.54, 1.807) is 54.5 Å². The van der Waals surface area contributed by atoms with Gasteiger partial charge in [0, 0.05) is 78.8 Å². The summed E-state index contributed by atoms with van der Waals surface area (Å²) in [6.45, 7) is 20.8. The van der Waals surface area contributed by atoms with Crippen LogP contribution >= 0.6 is 0 Å². The molecular weight excluding hydrogens is 1070 g/mol. The third kappa shape index (κ3) is 18.1. The molecular formula is C61H100O21. The Balaban J connectivity index is 1.36. The molecule has 4 fully saturated rings. The Hall–Kier alpha value is -2.88. The van der Waals surface area contributed by atoms with E-state index in [9.17, 15) is 45.3 Å². The van der Waals surface area contributed by atoms with Gasteiger partial charge >= 0.3 is 5.97 Å². The van der Waals surface area contributed by atoms with Gasteiger partial charge in [0.1, 0.15) is 36.6 Å². The highest BCUT2D eigenvalue weighted by Gasteiger charge is 2.57. The Morgan fingerprint density at radius 3 is 2.06 bits per heavy atom. The van der Waals surface area contributed by atoms with Crippen molar-refractivity contribution >= 4 is 11.8 Å². The van der Waals surface area contributed by atoms with Crippen molar-refractivity contribution < 1.29 is 102 Å². The maximum absolute atomic E-state index is 14.4. The van der Waals surface area contributed by atoms with Gasteiger partial charge in [-0.3, -0.25) is 9.59 Å².